The smallest absolute Gasteiger partial charge is 0.304 e. The number of benzene rings is 2. The fourth-order valence-corrected chi connectivity index (χ4v) is 4.17. The Balaban J connectivity index is 1.57. The van der Waals surface area contributed by atoms with Crippen LogP contribution in [0.15, 0.2) is 34.8 Å². The normalized spacial score (nSPS) is 20.7. The van der Waals surface area contributed by atoms with Gasteiger partial charge in [0.15, 0.2) is 0 Å². The van der Waals surface area contributed by atoms with Crippen LogP contribution in [0.25, 0.3) is 0 Å². The van der Waals surface area contributed by atoms with E-state index in [0.29, 0.717) is 30.1 Å². The summed E-state index contributed by atoms with van der Waals surface area (Å²) < 4.78 is 26.8. The van der Waals surface area contributed by atoms with Crippen LogP contribution in [-0.2, 0) is 11.2 Å². The van der Waals surface area contributed by atoms with E-state index in [1.54, 1.807) is 18.2 Å². The van der Waals surface area contributed by atoms with Crippen molar-refractivity contribution < 1.29 is 23.8 Å². The van der Waals surface area contributed by atoms with Crippen LogP contribution in [0.4, 0.5) is 4.39 Å². The average Bonchev–Trinajstić information content (AvgIpc) is 3.16. The lowest BCUT2D eigenvalue weighted by Crippen LogP contribution is -2.07. The maximum Gasteiger partial charge on any atom is 0.304 e. The highest BCUT2D eigenvalue weighted by atomic mass is 79.9. The predicted molar refractivity (Wildman–Crippen MR) is 92.7 cm³/mol. The summed E-state index contributed by atoms with van der Waals surface area (Å²) in [4.78, 5) is 10.9. The third kappa shape index (κ3) is 2.99. The minimum absolute atomic E-state index is 0.0441. The highest BCUT2D eigenvalue weighted by Gasteiger charge is 2.31. The van der Waals surface area contributed by atoms with E-state index in [1.807, 2.05) is 6.07 Å². The van der Waals surface area contributed by atoms with Crippen LogP contribution in [0.3, 0.4) is 0 Å². The molecule has 2 aromatic carbocycles. The van der Waals surface area contributed by atoms with E-state index in [0.717, 1.165) is 22.0 Å². The third-order valence-corrected chi connectivity index (χ3v) is 5.53. The topological polar surface area (TPSA) is 55.8 Å². The summed E-state index contributed by atoms with van der Waals surface area (Å²) >= 11 is 3.47. The molecule has 2 aromatic rings. The van der Waals surface area contributed by atoms with Crippen LogP contribution >= 0.6 is 15.9 Å². The second-order valence-electron chi connectivity index (χ2n) is 6.37. The first-order chi connectivity index (χ1) is 12.0. The second kappa shape index (κ2) is 6.33. The molecule has 1 N–H and O–H groups in total. The number of hydrogen-bond acceptors (Lipinski definition) is 3. The lowest BCUT2D eigenvalue weighted by Gasteiger charge is -2.16. The molecule has 6 heteroatoms. The van der Waals surface area contributed by atoms with Gasteiger partial charge in [0.1, 0.15) is 23.4 Å². The number of carbonyl (C=O) groups is 1. The van der Waals surface area contributed by atoms with Crippen LogP contribution < -0.4 is 9.47 Å². The molecule has 0 amide bonds. The molecule has 1 aliphatic carbocycles. The third-order valence-electron chi connectivity index (χ3n) is 4.79. The molecule has 1 heterocycles. The highest BCUT2D eigenvalue weighted by Crippen LogP contribution is 2.42. The molecule has 0 bridgehead atoms. The second-order valence-corrected chi connectivity index (χ2v) is 7.23. The molecule has 130 valence electrons. The van der Waals surface area contributed by atoms with Crippen molar-refractivity contribution in [1.82, 2.24) is 0 Å². The van der Waals surface area contributed by atoms with E-state index in [2.05, 4.69) is 15.9 Å². The summed E-state index contributed by atoms with van der Waals surface area (Å²) in [6.45, 7) is 0.360. The Morgan fingerprint density at radius 2 is 2.20 bits per heavy atom. The van der Waals surface area contributed by atoms with Gasteiger partial charge in [-0.1, -0.05) is 22.0 Å². The number of carboxylic acids is 1. The summed E-state index contributed by atoms with van der Waals surface area (Å²) in [5.41, 5.74) is 2.46. The van der Waals surface area contributed by atoms with Crippen LogP contribution in [0.5, 0.6) is 11.5 Å². The molecule has 25 heavy (non-hydrogen) atoms. The van der Waals surface area contributed by atoms with Crippen LogP contribution in [-0.4, -0.2) is 17.7 Å². The molecule has 0 saturated carbocycles. The number of ether oxygens (including phenoxy) is 2. The number of fused-ring (bicyclic) bond motifs is 2. The van der Waals surface area contributed by atoms with E-state index in [1.165, 1.54) is 6.07 Å². The first-order valence-corrected chi connectivity index (χ1v) is 8.94. The number of halogens is 2. The zero-order valence-electron chi connectivity index (χ0n) is 13.3. The van der Waals surface area contributed by atoms with Gasteiger partial charge in [-0.05, 0) is 36.6 Å². The van der Waals surface area contributed by atoms with E-state index in [4.69, 9.17) is 14.6 Å². The molecule has 2 unspecified atom stereocenters. The van der Waals surface area contributed by atoms with E-state index in [9.17, 15) is 9.18 Å². The summed E-state index contributed by atoms with van der Waals surface area (Å²) in [6, 6.07) is 8.59. The van der Waals surface area contributed by atoms with Gasteiger partial charge in [-0.15, -0.1) is 0 Å². The van der Waals surface area contributed by atoms with Crippen molar-refractivity contribution in [3.8, 4) is 11.5 Å². The lowest BCUT2D eigenvalue weighted by molar-refractivity contribution is -0.137. The van der Waals surface area contributed by atoms with Crippen molar-refractivity contribution in [1.29, 1.82) is 0 Å². The summed E-state index contributed by atoms with van der Waals surface area (Å²) in [5.74, 6) is 0.0239. The molecule has 1 aliphatic heterocycles. The van der Waals surface area contributed by atoms with Gasteiger partial charge in [-0.25, -0.2) is 4.39 Å². The van der Waals surface area contributed by atoms with Crippen LogP contribution in [0.2, 0.25) is 0 Å². The largest absolute Gasteiger partial charge is 0.492 e. The van der Waals surface area contributed by atoms with Gasteiger partial charge in [-0.3, -0.25) is 4.79 Å². The molecule has 0 fully saturated rings. The fourth-order valence-electron chi connectivity index (χ4n) is 3.62. The van der Waals surface area contributed by atoms with Gasteiger partial charge in [0, 0.05) is 27.6 Å². The average molecular weight is 407 g/mol. The molecule has 2 aliphatic rings. The Labute approximate surface area is 152 Å². The standard InChI is InChI=1S/C19H16BrFO4/c20-14-4-5-15(21)19-13(14)3-6-16(19)25-11-1-2-12-10(7-18(22)23)9-24-17(12)8-11/h1-2,4-5,8,10,16H,3,6-7,9H2,(H,22,23). The van der Waals surface area contributed by atoms with Gasteiger partial charge in [0.25, 0.3) is 0 Å². The highest BCUT2D eigenvalue weighted by molar-refractivity contribution is 9.10. The Morgan fingerprint density at radius 1 is 1.36 bits per heavy atom. The van der Waals surface area contributed by atoms with Gasteiger partial charge in [-0.2, -0.15) is 0 Å². The first kappa shape index (κ1) is 16.4. The number of carboxylic acid groups (broad SMARTS) is 1. The quantitative estimate of drug-likeness (QED) is 0.805. The van der Waals surface area contributed by atoms with Gasteiger partial charge < -0.3 is 14.6 Å². The summed E-state index contributed by atoms with van der Waals surface area (Å²) in [5, 5.41) is 8.97. The van der Waals surface area contributed by atoms with Crippen molar-refractivity contribution >= 4 is 21.9 Å². The van der Waals surface area contributed by atoms with Crippen molar-refractivity contribution in [3.05, 3.63) is 57.3 Å². The monoisotopic (exact) mass is 406 g/mol. The molecule has 2 atom stereocenters. The Hall–Kier alpha value is -2.08. The molecular formula is C19H16BrFO4. The molecule has 4 rings (SSSR count). The molecule has 0 aromatic heterocycles. The van der Waals surface area contributed by atoms with Crippen molar-refractivity contribution in [3.63, 3.8) is 0 Å². The Morgan fingerprint density at radius 3 is 3.00 bits per heavy atom. The molecular weight excluding hydrogens is 391 g/mol. The van der Waals surface area contributed by atoms with Crippen molar-refractivity contribution in [2.75, 3.05) is 6.61 Å². The maximum absolute atomic E-state index is 14.2. The predicted octanol–water partition coefficient (Wildman–Crippen LogP) is 4.61. The summed E-state index contributed by atoms with van der Waals surface area (Å²) in [6.07, 6.45) is 1.19. The summed E-state index contributed by atoms with van der Waals surface area (Å²) in [7, 11) is 0. The van der Waals surface area contributed by atoms with Crippen LogP contribution in [0, 0.1) is 5.82 Å². The van der Waals surface area contributed by atoms with Gasteiger partial charge >= 0.3 is 5.97 Å². The Bertz CT molecular complexity index is 852. The molecule has 4 nitrogen and oxygen atoms in total. The van der Waals surface area contributed by atoms with E-state index in [-0.39, 0.29) is 24.3 Å². The van der Waals surface area contributed by atoms with E-state index < -0.39 is 5.97 Å². The minimum Gasteiger partial charge on any atom is -0.492 e. The Kier molecular flexibility index (Phi) is 4.15. The fraction of sp³-hybridized carbons (Fsp3) is 0.316. The number of aliphatic carboxylic acids is 1. The van der Waals surface area contributed by atoms with Gasteiger partial charge in [0.2, 0.25) is 0 Å². The molecule has 0 radical (unpaired) electrons. The van der Waals surface area contributed by atoms with Crippen molar-refractivity contribution in [2.24, 2.45) is 0 Å². The SMILES string of the molecule is O=C(O)CC1COc2cc(OC3CCc4c(Br)ccc(F)c43)ccc21. The molecule has 0 saturated heterocycles. The maximum atomic E-state index is 14.2. The van der Waals surface area contributed by atoms with Crippen LogP contribution in [0.1, 0.15) is 41.6 Å². The number of rotatable bonds is 4. The minimum atomic E-state index is -0.842. The first-order valence-electron chi connectivity index (χ1n) is 8.15. The zero-order chi connectivity index (χ0) is 17.6. The molecule has 0 spiro atoms. The number of hydrogen-bond donors (Lipinski definition) is 1. The zero-order valence-corrected chi connectivity index (χ0v) is 14.9. The lowest BCUT2D eigenvalue weighted by atomic mass is 9.98. The van der Waals surface area contributed by atoms with Crippen molar-refractivity contribution in [2.45, 2.75) is 31.3 Å². The van der Waals surface area contributed by atoms with Gasteiger partial charge in [0.05, 0.1) is 13.0 Å². The van der Waals surface area contributed by atoms with E-state index >= 15 is 0 Å².